The van der Waals surface area contributed by atoms with Gasteiger partial charge in [-0.05, 0) is 24.1 Å². The molecule has 5 heteroatoms. The largest absolute Gasteiger partial charge is 0.336 e. The average molecular weight is 251 g/mol. The second-order valence-electron chi connectivity index (χ2n) is 3.98. The van der Waals surface area contributed by atoms with Gasteiger partial charge in [0.1, 0.15) is 0 Å². The Labute approximate surface area is 105 Å². The zero-order valence-electron chi connectivity index (χ0n) is 9.60. The Bertz CT molecular complexity index is 495. The third kappa shape index (κ3) is 2.85. The van der Waals surface area contributed by atoms with Gasteiger partial charge < -0.3 is 4.57 Å². The molecule has 90 valence electrons. The molecule has 0 aliphatic heterocycles. The summed E-state index contributed by atoms with van der Waals surface area (Å²) in [7, 11) is 1.95. The molecule has 1 unspecified atom stereocenters. The molecule has 1 heterocycles. The maximum Gasteiger partial charge on any atom is 0.0946 e. The first-order chi connectivity index (χ1) is 8.20. The number of hydrogen-bond acceptors (Lipinski definition) is 3. The number of benzene rings is 1. The van der Waals surface area contributed by atoms with Crippen molar-refractivity contribution in [3.63, 3.8) is 0 Å². The minimum Gasteiger partial charge on any atom is -0.336 e. The van der Waals surface area contributed by atoms with Crippen molar-refractivity contribution < 1.29 is 0 Å². The van der Waals surface area contributed by atoms with Crippen LogP contribution in [-0.4, -0.2) is 9.55 Å². The van der Waals surface area contributed by atoms with Crippen molar-refractivity contribution in [2.24, 2.45) is 12.9 Å². The fraction of sp³-hybridized carbons (Fsp3) is 0.250. The Hall–Kier alpha value is -1.36. The number of nitrogens with two attached hydrogens (primary N) is 1. The van der Waals surface area contributed by atoms with Gasteiger partial charge in [-0.15, -0.1) is 0 Å². The summed E-state index contributed by atoms with van der Waals surface area (Å²) >= 11 is 5.96. The highest BCUT2D eigenvalue weighted by atomic mass is 35.5. The van der Waals surface area contributed by atoms with Crippen LogP contribution in [0.4, 0.5) is 0 Å². The third-order valence-corrected chi connectivity index (χ3v) is 2.98. The second kappa shape index (κ2) is 5.31. The van der Waals surface area contributed by atoms with E-state index in [2.05, 4.69) is 10.4 Å². The molecule has 3 N–H and O–H groups in total. The predicted octanol–water partition coefficient (Wildman–Crippen LogP) is 1.82. The van der Waals surface area contributed by atoms with Crippen LogP contribution in [-0.2, 0) is 13.5 Å². The number of aryl methyl sites for hydroxylation is 1. The lowest BCUT2D eigenvalue weighted by atomic mass is 10.0. The van der Waals surface area contributed by atoms with Crippen LogP contribution >= 0.6 is 11.6 Å². The number of imidazole rings is 1. The SMILES string of the molecule is Cn1cncc1C(Cc1cccc(Cl)c1)NN. The molecule has 2 rings (SSSR count). The summed E-state index contributed by atoms with van der Waals surface area (Å²) in [4.78, 5) is 4.09. The predicted molar refractivity (Wildman–Crippen MR) is 68.4 cm³/mol. The zero-order valence-corrected chi connectivity index (χ0v) is 10.4. The molecule has 4 nitrogen and oxygen atoms in total. The number of nitrogens with one attached hydrogen (secondary N) is 1. The molecule has 0 aliphatic rings. The van der Waals surface area contributed by atoms with Gasteiger partial charge in [0.05, 0.1) is 18.1 Å². The van der Waals surface area contributed by atoms with Gasteiger partial charge in [-0.3, -0.25) is 11.3 Å². The first-order valence-electron chi connectivity index (χ1n) is 5.37. The van der Waals surface area contributed by atoms with Crippen molar-refractivity contribution in [1.82, 2.24) is 15.0 Å². The number of nitrogens with zero attached hydrogens (tertiary/aromatic N) is 2. The van der Waals surface area contributed by atoms with Crippen molar-refractivity contribution in [1.29, 1.82) is 0 Å². The van der Waals surface area contributed by atoms with E-state index < -0.39 is 0 Å². The summed E-state index contributed by atoms with van der Waals surface area (Å²) < 4.78 is 1.95. The first kappa shape index (κ1) is 12.1. The number of rotatable bonds is 4. The molecule has 0 amide bonds. The molecule has 1 aromatic heterocycles. The summed E-state index contributed by atoms with van der Waals surface area (Å²) in [5, 5.41) is 0.739. The van der Waals surface area contributed by atoms with Crippen molar-refractivity contribution in [2.45, 2.75) is 12.5 Å². The van der Waals surface area contributed by atoms with Crippen molar-refractivity contribution in [2.75, 3.05) is 0 Å². The van der Waals surface area contributed by atoms with Crippen LogP contribution in [0.25, 0.3) is 0 Å². The highest BCUT2D eigenvalue weighted by Crippen LogP contribution is 2.19. The van der Waals surface area contributed by atoms with Gasteiger partial charge in [0.15, 0.2) is 0 Å². The molecular weight excluding hydrogens is 236 g/mol. The lowest BCUT2D eigenvalue weighted by molar-refractivity contribution is 0.522. The van der Waals surface area contributed by atoms with E-state index >= 15 is 0 Å². The maximum atomic E-state index is 5.96. The van der Waals surface area contributed by atoms with E-state index in [0.29, 0.717) is 0 Å². The van der Waals surface area contributed by atoms with Crippen molar-refractivity contribution >= 4 is 11.6 Å². The summed E-state index contributed by atoms with van der Waals surface area (Å²) in [6.07, 6.45) is 4.35. The second-order valence-corrected chi connectivity index (χ2v) is 4.42. The highest BCUT2D eigenvalue weighted by molar-refractivity contribution is 6.30. The average Bonchev–Trinajstić information content (AvgIpc) is 2.72. The van der Waals surface area contributed by atoms with Gasteiger partial charge >= 0.3 is 0 Å². The third-order valence-electron chi connectivity index (χ3n) is 2.74. The normalized spacial score (nSPS) is 12.6. The van der Waals surface area contributed by atoms with Crippen LogP contribution < -0.4 is 11.3 Å². The molecule has 1 atom stereocenters. The monoisotopic (exact) mass is 250 g/mol. The Kier molecular flexibility index (Phi) is 3.78. The van der Waals surface area contributed by atoms with E-state index in [1.54, 1.807) is 6.33 Å². The van der Waals surface area contributed by atoms with Gasteiger partial charge in [-0.25, -0.2) is 4.98 Å². The summed E-state index contributed by atoms with van der Waals surface area (Å²) in [6, 6.07) is 7.81. The van der Waals surface area contributed by atoms with Gasteiger partial charge in [0, 0.05) is 18.3 Å². The molecule has 2 aromatic rings. The Balaban J connectivity index is 2.19. The molecule has 0 fully saturated rings. The van der Waals surface area contributed by atoms with Crippen molar-refractivity contribution in [3.8, 4) is 0 Å². The molecule has 0 saturated carbocycles. The molecule has 17 heavy (non-hydrogen) atoms. The summed E-state index contributed by atoms with van der Waals surface area (Å²) in [6.45, 7) is 0. The Morgan fingerprint density at radius 3 is 2.94 bits per heavy atom. The van der Waals surface area contributed by atoms with Crippen LogP contribution in [0.2, 0.25) is 5.02 Å². The van der Waals surface area contributed by atoms with Crippen LogP contribution in [0.3, 0.4) is 0 Å². The van der Waals surface area contributed by atoms with E-state index in [1.165, 1.54) is 0 Å². The van der Waals surface area contributed by atoms with E-state index in [-0.39, 0.29) is 6.04 Å². The van der Waals surface area contributed by atoms with E-state index in [1.807, 2.05) is 42.1 Å². The minimum atomic E-state index is 0.0287. The first-order valence-corrected chi connectivity index (χ1v) is 5.75. The van der Waals surface area contributed by atoms with Crippen molar-refractivity contribution in [3.05, 3.63) is 53.1 Å². The number of halogens is 1. The van der Waals surface area contributed by atoms with Gasteiger partial charge in [-0.1, -0.05) is 23.7 Å². The molecule has 0 bridgehead atoms. The maximum absolute atomic E-state index is 5.96. The van der Waals surface area contributed by atoms with Crippen LogP contribution in [0.5, 0.6) is 0 Å². The quantitative estimate of drug-likeness (QED) is 0.643. The number of hydrazine groups is 1. The fourth-order valence-corrected chi connectivity index (χ4v) is 2.06. The van der Waals surface area contributed by atoms with E-state index in [9.17, 15) is 0 Å². The zero-order chi connectivity index (χ0) is 12.3. The number of aromatic nitrogens is 2. The van der Waals surface area contributed by atoms with E-state index in [0.717, 1.165) is 22.7 Å². The number of hydrogen-bond donors (Lipinski definition) is 2. The molecule has 0 saturated heterocycles. The standard InChI is InChI=1S/C12H15ClN4/c1-17-8-15-7-12(17)11(16-14)6-9-3-2-4-10(13)5-9/h2-5,7-8,11,16H,6,14H2,1H3. The van der Waals surface area contributed by atoms with Gasteiger partial charge in [0.25, 0.3) is 0 Å². The molecular formula is C12H15ClN4. The van der Waals surface area contributed by atoms with Crippen LogP contribution in [0.15, 0.2) is 36.8 Å². The molecule has 0 radical (unpaired) electrons. The smallest absolute Gasteiger partial charge is 0.0946 e. The van der Waals surface area contributed by atoms with Crippen LogP contribution in [0, 0.1) is 0 Å². The lowest BCUT2D eigenvalue weighted by Gasteiger charge is -2.16. The summed E-state index contributed by atoms with van der Waals surface area (Å²) in [5.74, 6) is 5.59. The fourth-order valence-electron chi connectivity index (χ4n) is 1.85. The van der Waals surface area contributed by atoms with E-state index in [4.69, 9.17) is 17.4 Å². The van der Waals surface area contributed by atoms with Crippen LogP contribution in [0.1, 0.15) is 17.3 Å². The minimum absolute atomic E-state index is 0.0287. The topological polar surface area (TPSA) is 55.9 Å². The van der Waals surface area contributed by atoms with Gasteiger partial charge in [-0.2, -0.15) is 0 Å². The highest BCUT2D eigenvalue weighted by Gasteiger charge is 2.13. The summed E-state index contributed by atoms with van der Waals surface area (Å²) in [5.41, 5.74) is 5.00. The molecule has 1 aromatic carbocycles. The Morgan fingerprint density at radius 1 is 1.53 bits per heavy atom. The molecule has 0 aliphatic carbocycles. The molecule has 0 spiro atoms. The lowest BCUT2D eigenvalue weighted by Crippen LogP contribution is -2.30. The van der Waals surface area contributed by atoms with Gasteiger partial charge in [0.2, 0.25) is 0 Å². The Morgan fingerprint density at radius 2 is 2.35 bits per heavy atom.